The molecule has 1 rings (SSSR count). The van der Waals surface area contributed by atoms with Crippen LogP contribution in [0.2, 0.25) is 5.15 Å². The van der Waals surface area contributed by atoms with Crippen LogP contribution in [0.3, 0.4) is 0 Å². The summed E-state index contributed by atoms with van der Waals surface area (Å²) in [5, 5.41) is 0.0616. The summed E-state index contributed by atoms with van der Waals surface area (Å²) < 4.78 is 37.0. The number of hydrogen-bond acceptors (Lipinski definition) is 3. The van der Waals surface area contributed by atoms with Crippen LogP contribution < -0.4 is 5.56 Å². The molecule has 96 valence electrons. The summed E-state index contributed by atoms with van der Waals surface area (Å²) in [5.41, 5.74) is -4.71. The van der Waals surface area contributed by atoms with E-state index in [1.54, 1.807) is 6.92 Å². The van der Waals surface area contributed by atoms with E-state index in [2.05, 4.69) is 4.98 Å². The smallest absolute Gasteiger partial charge is 0.296 e. The van der Waals surface area contributed by atoms with Crippen molar-refractivity contribution in [1.82, 2.24) is 9.55 Å². The molecule has 1 heterocycles. The zero-order valence-corrected chi connectivity index (χ0v) is 10.5. The number of alkyl halides is 3. The molecule has 0 aliphatic rings. The fourth-order valence-corrected chi connectivity index (χ4v) is 1.98. The van der Waals surface area contributed by atoms with Gasteiger partial charge in [0.05, 0.1) is 0 Å². The third-order valence-corrected chi connectivity index (χ3v) is 2.86. The Morgan fingerprint density at radius 2 is 2.18 bits per heavy atom. The topological polar surface area (TPSA) is 34.9 Å². The second-order valence-electron chi connectivity index (χ2n) is 3.13. The molecular weight excluding hydrogens is 277 g/mol. The van der Waals surface area contributed by atoms with Gasteiger partial charge in [0.25, 0.3) is 5.56 Å². The number of thioether (sulfide) groups is 1. The number of aryl methyl sites for hydroxylation is 1. The molecule has 0 fully saturated rings. The fraction of sp³-hybridized carbons (Fsp3) is 0.556. The van der Waals surface area contributed by atoms with Gasteiger partial charge in [0.1, 0.15) is 11.0 Å². The quantitative estimate of drug-likeness (QED) is 0.798. The van der Waals surface area contributed by atoms with Gasteiger partial charge in [-0.2, -0.15) is 13.2 Å². The number of aromatic nitrogens is 2. The summed E-state index contributed by atoms with van der Waals surface area (Å²) in [6.45, 7) is 1.72. The van der Waals surface area contributed by atoms with E-state index in [-0.39, 0.29) is 29.2 Å². The van der Waals surface area contributed by atoms with Crippen LogP contribution in [0.25, 0.3) is 0 Å². The third-order valence-electron chi connectivity index (χ3n) is 1.95. The predicted molar refractivity (Wildman–Crippen MR) is 61.4 cm³/mol. The summed E-state index contributed by atoms with van der Waals surface area (Å²) in [7, 11) is 0. The SMILES string of the molecule is CCc1nc(Cl)cc(=O)n1CCSC(F)(F)F. The van der Waals surface area contributed by atoms with Crippen LogP contribution in [0.15, 0.2) is 10.9 Å². The molecule has 0 amide bonds. The Labute approximate surface area is 105 Å². The lowest BCUT2D eigenvalue weighted by Crippen LogP contribution is -2.25. The Hall–Kier alpha value is -0.690. The molecule has 0 unspecified atom stereocenters. The molecule has 0 saturated heterocycles. The highest BCUT2D eigenvalue weighted by Gasteiger charge is 2.27. The number of rotatable bonds is 4. The Bertz CT molecular complexity index is 447. The van der Waals surface area contributed by atoms with Gasteiger partial charge >= 0.3 is 5.51 Å². The first kappa shape index (κ1) is 14.4. The maximum Gasteiger partial charge on any atom is 0.441 e. The maximum atomic E-state index is 11.9. The monoisotopic (exact) mass is 286 g/mol. The van der Waals surface area contributed by atoms with Crippen LogP contribution >= 0.6 is 23.4 Å². The van der Waals surface area contributed by atoms with Crippen molar-refractivity contribution in [2.24, 2.45) is 0 Å². The van der Waals surface area contributed by atoms with Crippen molar-refractivity contribution in [3.8, 4) is 0 Å². The molecular formula is C9H10ClF3N2OS. The van der Waals surface area contributed by atoms with Crippen molar-refractivity contribution in [2.45, 2.75) is 25.4 Å². The summed E-state index contributed by atoms with van der Waals surface area (Å²) >= 11 is 5.44. The van der Waals surface area contributed by atoms with Crippen LogP contribution in [-0.2, 0) is 13.0 Å². The zero-order valence-electron chi connectivity index (χ0n) is 8.92. The first-order valence-corrected chi connectivity index (χ1v) is 6.17. The van der Waals surface area contributed by atoms with Gasteiger partial charge in [0, 0.05) is 24.8 Å². The normalized spacial score (nSPS) is 11.8. The summed E-state index contributed by atoms with van der Waals surface area (Å²) in [5.74, 6) is 0.171. The Morgan fingerprint density at radius 3 is 2.71 bits per heavy atom. The van der Waals surface area contributed by atoms with Crippen molar-refractivity contribution < 1.29 is 13.2 Å². The lowest BCUT2D eigenvalue weighted by molar-refractivity contribution is -0.0328. The second kappa shape index (κ2) is 5.77. The molecule has 0 N–H and O–H groups in total. The average molecular weight is 287 g/mol. The summed E-state index contributed by atoms with van der Waals surface area (Å²) in [6.07, 6.45) is 0.437. The van der Waals surface area contributed by atoms with E-state index in [1.165, 1.54) is 4.57 Å². The van der Waals surface area contributed by atoms with E-state index < -0.39 is 11.1 Å². The Kier molecular flexibility index (Phi) is 4.88. The molecule has 0 aliphatic carbocycles. The molecule has 0 radical (unpaired) electrons. The number of halogens is 4. The molecule has 0 spiro atoms. The largest absolute Gasteiger partial charge is 0.441 e. The van der Waals surface area contributed by atoms with Crippen molar-refractivity contribution in [1.29, 1.82) is 0 Å². The van der Waals surface area contributed by atoms with Crippen molar-refractivity contribution in [3.63, 3.8) is 0 Å². The molecule has 1 aromatic heterocycles. The van der Waals surface area contributed by atoms with Gasteiger partial charge in [0.2, 0.25) is 0 Å². The standard InChI is InChI=1S/C9H10ClF3N2OS/c1-2-7-14-6(10)5-8(16)15(7)3-4-17-9(11,12)13/h5H,2-4H2,1H3. The van der Waals surface area contributed by atoms with Crippen LogP contribution in [-0.4, -0.2) is 20.8 Å². The highest BCUT2D eigenvalue weighted by molar-refractivity contribution is 8.00. The van der Waals surface area contributed by atoms with E-state index in [9.17, 15) is 18.0 Å². The lowest BCUT2D eigenvalue weighted by Gasteiger charge is -2.11. The van der Waals surface area contributed by atoms with Gasteiger partial charge in [-0.3, -0.25) is 9.36 Å². The second-order valence-corrected chi connectivity index (χ2v) is 4.68. The van der Waals surface area contributed by atoms with Crippen molar-refractivity contribution >= 4 is 23.4 Å². The van der Waals surface area contributed by atoms with E-state index in [4.69, 9.17) is 11.6 Å². The van der Waals surface area contributed by atoms with E-state index in [1.807, 2.05) is 0 Å². The van der Waals surface area contributed by atoms with Gasteiger partial charge in [-0.1, -0.05) is 18.5 Å². The molecule has 1 aromatic rings. The predicted octanol–water partition coefficient (Wildman–Crippen LogP) is 2.71. The van der Waals surface area contributed by atoms with Gasteiger partial charge in [0.15, 0.2) is 0 Å². The van der Waals surface area contributed by atoms with Crippen LogP contribution in [0.5, 0.6) is 0 Å². The van der Waals surface area contributed by atoms with Crippen molar-refractivity contribution in [3.05, 3.63) is 27.4 Å². The molecule has 8 heteroatoms. The van der Waals surface area contributed by atoms with Crippen LogP contribution in [0, 0.1) is 0 Å². The minimum absolute atomic E-state index is 0.0314. The fourth-order valence-electron chi connectivity index (χ4n) is 1.28. The summed E-state index contributed by atoms with van der Waals surface area (Å²) in [6, 6.07) is 1.10. The third kappa shape index (κ3) is 4.59. The molecule has 0 aliphatic heterocycles. The molecule has 3 nitrogen and oxygen atoms in total. The van der Waals surface area contributed by atoms with Crippen LogP contribution in [0.1, 0.15) is 12.7 Å². The summed E-state index contributed by atoms with van der Waals surface area (Å²) in [4.78, 5) is 15.4. The molecule has 0 aromatic carbocycles. The number of hydrogen-bond donors (Lipinski definition) is 0. The van der Waals surface area contributed by atoms with E-state index in [0.717, 1.165) is 6.07 Å². The average Bonchev–Trinajstić information content (AvgIpc) is 2.18. The Balaban J connectivity index is 2.80. The molecule has 0 atom stereocenters. The van der Waals surface area contributed by atoms with E-state index in [0.29, 0.717) is 12.2 Å². The molecule has 0 saturated carbocycles. The minimum Gasteiger partial charge on any atom is -0.296 e. The first-order chi connectivity index (χ1) is 7.83. The Morgan fingerprint density at radius 1 is 1.53 bits per heavy atom. The molecule has 17 heavy (non-hydrogen) atoms. The number of nitrogens with zero attached hydrogens (tertiary/aromatic N) is 2. The van der Waals surface area contributed by atoms with Gasteiger partial charge < -0.3 is 0 Å². The zero-order chi connectivity index (χ0) is 13.1. The highest BCUT2D eigenvalue weighted by atomic mass is 35.5. The lowest BCUT2D eigenvalue weighted by atomic mass is 10.4. The first-order valence-electron chi connectivity index (χ1n) is 4.80. The highest BCUT2D eigenvalue weighted by Crippen LogP contribution is 2.29. The van der Waals surface area contributed by atoms with E-state index >= 15 is 0 Å². The van der Waals surface area contributed by atoms with Crippen molar-refractivity contribution in [2.75, 3.05) is 5.75 Å². The molecule has 0 bridgehead atoms. The van der Waals surface area contributed by atoms with Crippen LogP contribution in [0.4, 0.5) is 13.2 Å². The maximum absolute atomic E-state index is 11.9. The van der Waals surface area contributed by atoms with Gasteiger partial charge in [-0.05, 0) is 11.8 Å². The minimum atomic E-state index is -4.28. The van der Waals surface area contributed by atoms with Gasteiger partial charge in [-0.25, -0.2) is 4.98 Å². The van der Waals surface area contributed by atoms with Gasteiger partial charge in [-0.15, -0.1) is 0 Å².